The van der Waals surface area contributed by atoms with E-state index in [2.05, 4.69) is 5.32 Å². The lowest BCUT2D eigenvalue weighted by Crippen LogP contribution is -2.45. The molecule has 2 aromatic carbocycles. The minimum atomic E-state index is -0.475. The molecule has 0 saturated heterocycles. The van der Waals surface area contributed by atoms with Crippen LogP contribution in [0.25, 0.3) is 5.69 Å². The van der Waals surface area contributed by atoms with Crippen LogP contribution in [0.2, 0.25) is 5.02 Å². The van der Waals surface area contributed by atoms with Gasteiger partial charge in [-0.25, -0.2) is 14.3 Å². The first-order valence-electron chi connectivity index (χ1n) is 12.7. The summed E-state index contributed by atoms with van der Waals surface area (Å²) in [7, 11) is 1.32. The van der Waals surface area contributed by atoms with Crippen molar-refractivity contribution in [1.82, 2.24) is 9.78 Å². The number of carbonyl (C=O) groups is 2. The maximum Gasteiger partial charge on any atom is 0.337 e. The third-order valence-electron chi connectivity index (χ3n) is 7.15. The Kier molecular flexibility index (Phi) is 7.28. The number of urea groups is 1. The molecule has 1 saturated carbocycles. The number of aryl methyl sites for hydroxylation is 1. The SMILES string of the molecule is COC(=O)c1ccc(NC(=O)N(c2c3c(nn2-c2ccccc2)CCCC3)C2CCCCC2)c(Cl)c1. The number of hydrogen-bond donors (Lipinski definition) is 1. The van der Waals surface area contributed by atoms with Crippen molar-refractivity contribution in [2.45, 2.75) is 63.8 Å². The van der Waals surface area contributed by atoms with Gasteiger partial charge in [0.15, 0.2) is 0 Å². The lowest BCUT2D eigenvalue weighted by atomic mass is 9.92. The molecule has 0 spiro atoms. The van der Waals surface area contributed by atoms with E-state index >= 15 is 0 Å². The molecule has 3 aromatic rings. The Morgan fingerprint density at radius 2 is 1.78 bits per heavy atom. The highest BCUT2D eigenvalue weighted by Gasteiger charge is 2.34. The predicted octanol–water partition coefficient (Wildman–Crippen LogP) is 6.56. The molecule has 5 rings (SSSR count). The summed E-state index contributed by atoms with van der Waals surface area (Å²) in [5.74, 6) is 0.389. The van der Waals surface area contributed by atoms with E-state index in [1.165, 1.54) is 19.6 Å². The van der Waals surface area contributed by atoms with E-state index in [1.807, 2.05) is 39.9 Å². The summed E-state index contributed by atoms with van der Waals surface area (Å²) in [6.45, 7) is 0. The van der Waals surface area contributed by atoms with Gasteiger partial charge in [-0.1, -0.05) is 49.1 Å². The summed E-state index contributed by atoms with van der Waals surface area (Å²) < 4.78 is 6.73. The summed E-state index contributed by atoms with van der Waals surface area (Å²) in [4.78, 5) is 27.8. The number of ether oxygens (including phenoxy) is 1. The molecule has 0 unspecified atom stereocenters. The molecule has 1 heterocycles. The second-order valence-electron chi connectivity index (χ2n) is 9.48. The molecule has 0 radical (unpaired) electrons. The second-order valence-corrected chi connectivity index (χ2v) is 9.89. The number of rotatable bonds is 5. The zero-order valence-corrected chi connectivity index (χ0v) is 21.3. The van der Waals surface area contributed by atoms with Gasteiger partial charge in [-0.15, -0.1) is 0 Å². The number of anilines is 2. The standard InChI is InChI=1S/C28H31ClN4O3/c1-36-27(34)19-16-17-25(23(29)18-19)30-28(35)32(20-10-4-2-5-11-20)26-22-14-8-9-15-24(22)31-33(26)21-12-6-3-7-13-21/h3,6-7,12-13,16-18,20H,2,4-5,8-11,14-15H2,1H3,(H,30,35). The molecular formula is C28H31ClN4O3. The molecule has 0 atom stereocenters. The van der Waals surface area contributed by atoms with E-state index in [9.17, 15) is 9.59 Å². The minimum Gasteiger partial charge on any atom is -0.465 e. The summed E-state index contributed by atoms with van der Waals surface area (Å²) in [6, 6.07) is 14.6. The molecule has 1 fully saturated rings. The summed E-state index contributed by atoms with van der Waals surface area (Å²) in [5, 5.41) is 8.31. The predicted molar refractivity (Wildman–Crippen MR) is 141 cm³/mol. The quantitative estimate of drug-likeness (QED) is 0.397. The molecule has 188 valence electrons. The summed E-state index contributed by atoms with van der Waals surface area (Å²) in [5.41, 5.74) is 3.97. The van der Waals surface area contributed by atoms with E-state index in [0.29, 0.717) is 11.3 Å². The molecule has 36 heavy (non-hydrogen) atoms. The molecule has 8 heteroatoms. The lowest BCUT2D eigenvalue weighted by Gasteiger charge is -2.35. The molecular weight excluding hydrogens is 476 g/mol. The van der Waals surface area contributed by atoms with Crippen molar-refractivity contribution in [3.63, 3.8) is 0 Å². The van der Waals surface area contributed by atoms with Gasteiger partial charge in [-0.2, -0.15) is 5.10 Å². The third kappa shape index (κ3) is 4.85. The van der Waals surface area contributed by atoms with Crippen LogP contribution in [0.5, 0.6) is 0 Å². The van der Waals surface area contributed by atoms with Gasteiger partial charge in [0.1, 0.15) is 5.82 Å². The van der Waals surface area contributed by atoms with Crippen LogP contribution in [-0.4, -0.2) is 34.9 Å². The molecule has 2 aliphatic carbocycles. The number of fused-ring (bicyclic) bond motifs is 1. The lowest BCUT2D eigenvalue weighted by molar-refractivity contribution is 0.0600. The van der Waals surface area contributed by atoms with Gasteiger partial charge in [0.25, 0.3) is 0 Å². The largest absolute Gasteiger partial charge is 0.465 e. The van der Waals surface area contributed by atoms with Crippen LogP contribution < -0.4 is 10.2 Å². The first kappa shape index (κ1) is 24.4. The topological polar surface area (TPSA) is 76.5 Å². The number of para-hydroxylation sites is 1. The highest BCUT2D eigenvalue weighted by molar-refractivity contribution is 6.34. The maximum absolute atomic E-state index is 14.0. The van der Waals surface area contributed by atoms with E-state index in [-0.39, 0.29) is 17.1 Å². The number of esters is 1. The van der Waals surface area contributed by atoms with Gasteiger partial charge in [-0.05, 0) is 68.9 Å². The van der Waals surface area contributed by atoms with Crippen LogP contribution in [0.15, 0.2) is 48.5 Å². The van der Waals surface area contributed by atoms with Crippen LogP contribution in [0, 0.1) is 0 Å². The Labute approximate surface area is 216 Å². The normalized spacial score (nSPS) is 15.7. The molecule has 7 nitrogen and oxygen atoms in total. The van der Waals surface area contributed by atoms with Crippen LogP contribution in [0.4, 0.5) is 16.3 Å². The van der Waals surface area contributed by atoms with Gasteiger partial charge in [0.05, 0.1) is 34.8 Å². The van der Waals surface area contributed by atoms with Crippen LogP contribution in [-0.2, 0) is 17.6 Å². The molecule has 1 N–H and O–H groups in total. The first-order valence-corrected chi connectivity index (χ1v) is 13.1. The van der Waals surface area contributed by atoms with Crippen molar-refractivity contribution in [1.29, 1.82) is 0 Å². The molecule has 1 aromatic heterocycles. The summed E-state index contributed by atoms with van der Waals surface area (Å²) >= 11 is 6.47. The Hall–Kier alpha value is -3.32. The fraction of sp³-hybridized carbons (Fsp3) is 0.393. The number of amides is 2. The van der Waals surface area contributed by atoms with Gasteiger partial charge < -0.3 is 10.1 Å². The fourth-order valence-electron chi connectivity index (χ4n) is 5.34. The van der Waals surface area contributed by atoms with E-state index in [4.69, 9.17) is 21.4 Å². The van der Waals surface area contributed by atoms with Crippen molar-refractivity contribution < 1.29 is 14.3 Å². The van der Waals surface area contributed by atoms with Gasteiger partial charge >= 0.3 is 12.0 Å². The Bertz CT molecular complexity index is 1250. The van der Waals surface area contributed by atoms with Crippen molar-refractivity contribution >= 4 is 35.1 Å². The number of hydrogen-bond acceptors (Lipinski definition) is 4. The highest BCUT2D eigenvalue weighted by Crippen LogP contribution is 2.37. The molecule has 2 aliphatic rings. The zero-order valence-electron chi connectivity index (χ0n) is 20.5. The van der Waals surface area contributed by atoms with Gasteiger partial charge in [0, 0.05) is 11.6 Å². The number of carbonyl (C=O) groups excluding carboxylic acids is 2. The van der Waals surface area contributed by atoms with E-state index < -0.39 is 5.97 Å². The Morgan fingerprint density at radius 3 is 2.50 bits per heavy atom. The minimum absolute atomic E-state index is 0.0667. The zero-order chi connectivity index (χ0) is 25.1. The van der Waals surface area contributed by atoms with E-state index in [0.717, 1.165) is 74.1 Å². The maximum atomic E-state index is 14.0. The number of nitrogens with zero attached hydrogens (tertiary/aromatic N) is 3. The van der Waals surface area contributed by atoms with Crippen molar-refractivity contribution in [3.8, 4) is 5.69 Å². The van der Waals surface area contributed by atoms with Crippen molar-refractivity contribution in [2.24, 2.45) is 0 Å². The second kappa shape index (κ2) is 10.7. The molecule has 2 amide bonds. The van der Waals surface area contributed by atoms with Crippen molar-refractivity contribution in [2.75, 3.05) is 17.3 Å². The molecule has 0 aliphatic heterocycles. The van der Waals surface area contributed by atoms with Crippen molar-refractivity contribution in [3.05, 3.63) is 70.4 Å². The van der Waals surface area contributed by atoms with Gasteiger partial charge in [-0.3, -0.25) is 4.90 Å². The number of benzene rings is 2. The van der Waals surface area contributed by atoms with Crippen LogP contribution in [0.1, 0.15) is 66.6 Å². The number of aromatic nitrogens is 2. The first-order chi connectivity index (χ1) is 17.6. The number of nitrogens with one attached hydrogen (secondary N) is 1. The monoisotopic (exact) mass is 506 g/mol. The smallest absolute Gasteiger partial charge is 0.337 e. The number of halogens is 1. The Morgan fingerprint density at radius 1 is 1.03 bits per heavy atom. The van der Waals surface area contributed by atoms with E-state index in [1.54, 1.807) is 12.1 Å². The fourth-order valence-corrected chi connectivity index (χ4v) is 5.57. The van der Waals surface area contributed by atoms with Gasteiger partial charge in [0.2, 0.25) is 0 Å². The number of methoxy groups -OCH3 is 1. The van der Waals surface area contributed by atoms with Crippen LogP contribution >= 0.6 is 11.6 Å². The summed E-state index contributed by atoms with van der Waals surface area (Å²) in [6.07, 6.45) is 9.26. The Balaban J connectivity index is 1.56. The molecule has 0 bridgehead atoms. The van der Waals surface area contributed by atoms with Crippen LogP contribution in [0.3, 0.4) is 0 Å². The average molecular weight is 507 g/mol. The average Bonchev–Trinajstić information content (AvgIpc) is 3.30. The third-order valence-corrected chi connectivity index (χ3v) is 7.46. The highest BCUT2D eigenvalue weighted by atomic mass is 35.5.